The summed E-state index contributed by atoms with van der Waals surface area (Å²) in [6.07, 6.45) is 1.09. The van der Waals surface area contributed by atoms with Crippen LogP contribution in [0, 0.1) is 5.41 Å². The lowest BCUT2D eigenvalue weighted by atomic mass is 9.92. The van der Waals surface area contributed by atoms with Crippen molar-refractivity contribution in [2.24, 2.45) is 5.41 Å². The van der Waals surface area contributed by atoms with Crippen LogP contribution in [0.3, 0.4) is 0 Å². The first-order chi connectivity index (χ1) is 6.18. The first kappa shape index (κ1) is 14.3. The van der Waals surface area contributed by atoms with E-state index in [0.29, 0.717) is 0 Å². The zero-order chi connectivity index (χ0) is 10.2. The summed E-state index contributed by atoms with van der Waals surface area (Å²) in [6, 6.07) is 0. The molecule has 0 spiro atoms. The van der Waals surface area contributed by atoms with E-state index in [0.717, 1.165) is 32.7 Å². The fraction of sp³-hybridized carbons (Fsp3) is 1.00. The van der Waals surface area contributed by atoms with E-state index in [1.807, 2.05) is 0 Å². The number of nitrogens with one attached hydrogen (secondary N) is 2. The minimum absolute atomic E-state index is 0.192. The van der Waals surface area contributed by atoms with Crippen molar-refractivity contribution >= 4 is 45.7 Å². The summed E-state index contributed by atoms with van der Waals surface area (Å²) in [6.45, 7) is 7.95. The first-order valence-electron chi connectivity index (χ1n) is 4.43. The molecule has 5 heteroatoms. The van der Waals surface area contributed by atoms with Crippen LogP contribution in [0.25, 0.3) is 0 Å². The fourth-order valence-corrected chi connectivity index (χ4v) is 2.79. The van der Waals surface area contributed by atoms with Gasteiger partial charge in [0.1, 0.15) is 0 Å². The summed E-state index contributed by atoms with van der Waals surface area (Å²) < 4.78 is 11.9. The lowest BCUT2D eigenvalue weighted by Crippen LogP contribution is -2.39. The normalized spacial score (nSPS) is 12.0. The fourth-order valence-electron chi connectivity index (χ4n) is 0.950. The molecule has 0 atom stereocenters. The summed E-state index contributed by atoms with van der Waals surface area (Å²) in [5.41, 5.74) is 0.192. The number of ether oxygens (including phenoxy) is 1. The van der Waals surface area contributed by atoms with Gasteiger partial charge in [-0.3, -0.25) is 7.06 Å². The number of hydrogen-bond acceptors (Lipinski definition) is 3. The third-order valence-electron chi connectivity index (χ3n) is 1.79. The Kier molecular flexibility index (Phi) is 9.52. The maximum Gasteiger partial charge on any atom is 0.0544 e. The number of rotatable bonds is 8. The minimum Gasteiger partial charge on any atom is -0.381 e. The molecule has 0 saturated carbocycles. The quantitative estimate of drug-likeness (QED) is 0.365. The number of halogens is 2. The predicted molar refractivity (Wildman–Crippen MR) is 73.3 cm³/mol. The van der Waals surface area contributed by atoms with Gasteiger partial charge in [0, 0.05) is 70.8 Å². The first-order valence-corrected chi connectivity index (χ1v) is 6.59. The smallest absolute Gasteiger partial charge is 0.0544 e. The Labute approximate surface area is 109 Å². The molecular formula is C8H18I2N2O. The minimum atomic E-state index is 0.192. The maximum atomic E-state index is 5.57. The van der Waals surface area contributed by atoms with E-state index in [9.17, 15) is 0 Å². The zero-order valence-electron chi connectivity index (χ0n) is 8.20. The molecule has 0 aromatic carbocycles. The molecule has 2 N–H and O–H groups in total. The van der Waals surface area contributed by atoms with Crippen LogP contribution in [0.15, 0.2) is 0 Å². The molecule has 3 nitrogen and oxygen atoms in total. The highest BCUT2D eigenvalue weighted by atomic mass is 127. The van der Waals surface area contributed by atoms with Crippen molar-refractivity contribution in [2.45, 2.75) is 20.3 Å². The molecule has 0 amide bonds. The summed E-state index contributed by atoms with van der Waals surface area (Å²) in [4.78, 5) is 0. The summed E-state index contributed by atoms with van der Waals surface area (Å²) in [5, 5.41) is 0. The second-order valence-corrected chi connectivity index (χ2v) is 5.01. The van der Waals surface area contributed by atoms with Crippen LogP contribution in [-0.4, -0.2) is 26.3 Å². The van der Waals surface area contributed by atoms with E-state index in [4.69, 9.17) is 4.74 Å². The van der Waals surface area contributed by atoms with E-state index in [2.05, 4.69) is 66.6 Å². The largest absolute Gasteiger partial charge is 0.381 e. The van der Waals surface area contributed by atoms with Crippen LogP contribution in [0.5, 0.6) is 0 Å². The third kappa shape index (κ3) is 7.29. The molecule has 80 valence electrons. The SMILES string of the molecule is CCCOCC(C)(CNI)CNI. The Morgan fingerprint density at radius 2 is 1.77 bits per heavy atom. The van der Waals surface area contributed by atoms with Crippen LogP contribution in [0.2, 0.25) is 0 Å². The van der Waals surface area contributed by atoms with Crippen molar-refractivity contribution in [3.8, 4) is 0 Å². The van der Waals surface area contributed by atoms with Crippen LogP contribution in [0.4, 0.5) is 0 Å². The van der Waals surface area contributed by atoms with Gasteiger partial charge in [-0.1, -0.05) is 13.8 Å². The Balaban J connectivity index is 3.76. The van der Waals surface area contributed by atoms with Gasteiger partial charge in [-0.15, -0.1) is 0 Å². The summed E-state index contributed by atoms with van der Waals surface area (Å²) in [5.74, 6) is 0. The van der Waals surface area contributed by atoms with Gasteiger partial charge in [0.15, 0.2) is 0 Å². The molecule has 0 aromatic heterocycles. The highest BCUT2D eigenvalue weighted by Crippen LogP contribution is 2.15. The molecule has 0 fully saturated rings. The highest BCUT2D eigenvalue weighted by molar-refractivity contribution is 14.1. The van der Waals surface area contributed by atoms with E-state index in [1.54, 1.807) is 0 Å². The Hall–Kier alpha value is 1.34. The lowest BCUT2D eigenvalue weighted by Gasteiger charge is -2.27. The van der Waals surface area contributed by atoms with Crippen molar-refractivity contribution in [1.29, 1.82) is 0 Å². The Bertz CT molecular complexity index is 119. The topological polar surface area (TPSA) is 33.3 Å². The zero-order valence-corrected chi connectivity index (χ0v) is 12.5. The van der Waals surface area contributed by atoms with Crippen LogP contribution in [-0.2, 0) is 4.74 Å². The molecule has 0 heterocycles. The molecule has 0 radical (unpaired) electrons. The molecule has 0 unspecified atom stereocenters. The average molecular weight is 412 g/mol. The monoisotopic (exact) mass is 412 g/mol. The highest BCUT2D eigenvalue weighted by Gasteiger charge is 2.23. The van der Waals surface area contributed by atoms with Crippen LogP contribution in [0.1, 0.15) is 20.3 Å². The van der Waals surface area contributed by atoms with E-state index in [-0.39, 0.29) is 5.41 Å². The molecule has 0 bridgehead atoms. The summed E-state index contributed by atoms with van der Waals surface area (Å²) >= 11 is 4.36. The molecule has 0 aromatic rings. The van der Waals surface area contributed by atoms with E-state index >= 15 is 0 Å². The summed E-state index contributed by atoms with van der Waals surface area (Å²) in [7, 11) is 0. The Morgan fingerprint density at radius 1 is 1.23 bits per heavy atom. The van der Waals surface area contributed by atoms with Crippen molar-refractivity contribution in [3.63, 3.8) is 0 Å². The van der Waals surface area contributed by atoms with E-state index in [1.165, 1.54) is 0 Å². The Morgan fingerprint density at radius 3 is 2.15 bits per heavy atom. The molecule has 0 aliphatic heterocycles. The lowest BCUT2D eigenvalue weighted by molar-refractivity contribution is 0.0599. The van der Waals surface area contributed by atoms with Gasteiger partial charge in [-0.25, -0.2) is 0 Å². The van der Waals surface area contributed by atoms with Crippen molar-refractivity contribution < 1.29 is 4.74 Å². The number of hydrogen-bond donors (Lipinski definition) is 2. The van der Waals surface area contributed by atoms with Crippen molar-refractivity contribution in [2.75, 3.05) is 26.3 Å². The molecule has 0 aliphatic carbocycles. The van der Waals surface area contributed by atoms with Gasteiger partial charge in [0.25, 0.3) is 0 Å². The van der Waals surface area contributed by atoms with E-state index < -0.39 is 0 Å². The molecule has 0 saturated heterocycles. The van der Waals surface area contributed by atoms with Gasteiger partial charge in [0.2, 0.25) is 0 Å². The van der Waals surface area contributed by atoms with Crippen LogP contribution < -0.4 is 7.06 Å². The van der Waals surface area contributed by atoms with Gasteiger partial charge in [0.05, 0.1) is 6.61 Å². The van der Waals surface area contributed by atoms with Crippen molar-refractivity contribution in [1.82, 2.24) is 7.06 Å². The van der Waals surface area contributed by atoms with Gasteiger partial charge >= 0.3 is 0 Å². The second-order valence-electron chi connectivity index (χ2n) is 3.48. The maximum absolute atomic E-state index is 5.57. The molecule has 0 aliphatic rings. The molecular weight excluding hydrogens is 394 g/mol. The molecule has 0 rings (SSSR count). The van der Waals surface area contributed by atoms with Gasteiger partial charge < -0.3 is 4.74 Å². The van der Waals surface area contributed by atoms with Crippen LogP contribution >= 0.6 is 45.7 Å². The third-order valence-corrected chi connectivity index (χ3v) is 2.55. The second kappa shape index (κ2) is 8.63. The molecule has 13 heavy (non-hydrogen) atoms. The van der Waals surface area contributed by atoms with Gasteiger partial charge in [-0.05, 0) is 6.42 Å². The predicted octanol–water partition coefficient (Wildman–Crippen LogP) is 2.30. The van der Waals surface area contributed by atoms with Crippen molar-refractivity contribution in [3.05, 3.63) is 0 Å². The average Bonchev–Trinajstić information content (AvgIpc) is 2.05. The standard InChI is InChI=1S/C8H18I2N2O/c1-3-4-13-7-8(2,5-11-9)6-12-10/h11-12H,3-7H2,1-2H3. The van der Waals surface area contributed by atoms with Gasteiger partial charge in [-0.2, -0.15) is 0 Å².